The summed E-state index contributed by atoms with van der Waals surface area (Å²) in [7, 11) is -4.44. The second kappa shape index (κ2) is 23.3. The third kappa shape index (κ3) is 15.9. The molecule has 1 aliphatic carbocycles. The van der Waals surface area contributed by atoms with Gasteiger partial charge < -0.3 is 48.4 Å². The number of aliphatic hydroxyl groups excluding tert-OH is 2. The number of nitrogens with zero attached hydrogens (tertiary/aromatic N) is 2. The van der Waals surface area contributed by atoms with Crippen LogP contribution in [0.5, 0.6) is 0 Å². The van der Waals surface area contributed by atoms with Gasteiger partial charge in [-0.3, -0.25) is 9.69 Å². The number of carbonyl (C=O) groups excluding carboxylic acids is 2. The maximum absolute atomic E-state index is 13.9. The van der Waals surface area contributed by atoms with Gasteiger partial charge in [0, 0.05) is 56.6 Å². The van der Waals surface area contributed by atoms with Gasteiger partial charge in [0.25, 0.3) is 0 Å². The quantitative estimate of drug-likeness (QED) is 0.0404. The molecule has 0 aromatic rings. The summed E-state index contributed by atoms with van der Waals surface area (Å²) in [4.78, 5) is 32.1. The van der Waals surface area contributed by atoms with Crippen LogP contribution in [-0.4, -0.2) is 151 Å². The minimum atomic E-state index is -2.40. The van der Waals surface area contributed by atoms with Crippen LogP contribution in [0.3, 0.4) is 0 Å². The summed E-state index contributed by atoms with van der Waals surface area (Å²) >= 11 is 0. The van der Waals surface area contributed by atoms with Crippen molar-refractivity contribution in [3.63, 3.8) is 0 Å². The maximum atomic E-state index is 13.9. The van der Waals surface area contributed by atoms with Crippen molar-refractivity contribution < 1.29 is 53.1 Å². The van der Waals surface area contributed by atoms with E-state index in [1.165, 1.54) is 51.5 Å². The second-order valence-corrected chi connectivity index (χ2v) is 34.0. The van der Waals surface area contributed by atoms with Gasteiger partial charge in [0.15, 0.2) is 22.7 Å². The Labute approximate surface area is 408 Å². The number of epoxide rings is 1. The van der Waals surface area contributed by atoms with Gasteiger partial charge in [-0.25, -0.2) is 4.79 Å². The molecule has 388 valence electrons. The van der Waals surface area contributed by atoms with E-state index in [1.807, 2.05) is 6.92 Å². The Morgan fingerprint density at radius 1 is 0.940 bits per heavy atom. The van der Waals surface area contributed by atoms with Crippen molar-refractivity contribution in [2.75, 3.05) is 26.2 Å². The molecule has 3 fully saturated rings. The third-order valence-electron chi connectivity index (χ3n) is 16.6. The fourth-order valence-electron chi connectivity index (χ4n) is 9.67. The molecule has 13 nitrogen and oxygen atoms in total. The first-order chi connectivity index (χ1) is 30.8. The molecule has 15 heteroatoms. The highest BCUT2D eigenvalue weighted by molar-refractivity contribution is 6.74. The molecule has 0 spiro atoms. The molecule has 0 bridgehead atoms. The number of aliphatic hydroxyl groups is 4. The number of amides is 1. The third-order valence-corrected chi connectivity index (χ3v) is 25.6. The molecule has 0 radical (unpaired) electrons. The van der Waals surface area contributed by atoms with Crippen molar-refractivity contribution in [1.82, 2.24) is 9.80 Å². The van der Waals surface area contributed by atoms with Crippen molar-refractivity contribution in [2.24, 2.45) is 11.8 Å². The zero-order chi connectivity index (χ0) is 50.5. The van der Waals surface area contributed by atoms with Gasteiger partial charge in [0.1, 0.15) is 23.9 Å². The first-order valence-corrected chi connectivity index (χ1v) is 31.7. The maximum Gasteiger partial charge on any atom is 0.410 e. The average molecular weight is 982 g/mol. The fourth-order valence-corrected chi connectivity index (χ4v) is 12.6. The monoisotopic (exact) mass is 981 g/mol. The number of ether oxygens (including phenoxy) is 3. The zero-order valence-electron chi connectivity index (χ0n) is 44.7. The Bertz CT molecular complexity index is 1660. The molecule has 4 aliphatic rings. The van der Waals surface area contributed by atoms with E-state index in [1.54, 1.807) is 30.9 Å². The number of hydrogen-bond donors (Lipinski definition) is 4. The van der Waals surface area contributed by atoms with E-state index >= 15 is 0 Å². The molecule has 2 saturated heterocycles. The van der Waals surface area contributed by atoms with E-state index in [0.29, 0.717) is 31.1 Å². The molecule has 12 unspecified atom stereocenters. The second-order valence-electron chi connectivity index (χ2n) is 24.5. The number of cyclic esters (lactones) is 1. The lowest BCUT2D eigenvalue weighted by Gasteiger charge is -2.41. The van der Waals surface area contributed by atoms with Crippen molar-refractivity contribution in [3.05, 3.63) is 23.8 Å². The van der Waals surface area contributed by atoms with Gasteiger partial charge in [0.05, 0.1) is 30.3 Å². The van der Waals surface area contributed by atoms with Crippen LogP contribution in [0, 0.1) is 11.8 Å². The van der Waals surface area contributed by atoms with Gasteiger partial charge in [-0.2, -0.15) is 0 Å². The minimum absolute atomic E-state index is 0.00875. The molecule has 0 aromatic carbocycles. The summed E-state index contributed by atoms with van der Waals surface area (Å²) in [6, 6.07) is 0.557. The van der Waals surface area contributed by atoms with Crippen LogP contribution in [0.2, 0.25) is 36.3 Å². The highest BCUT2D eigenvalue weighted by Crippen LogP contribution is 2.44. The summed E-state index contributed by atoms with van der Waals surface area (Å²) in [5.41, 5.74) is -2.76. The van der Waals surface area contributed by atoms with Crippen LogP contribution in [-0.2, 0) is 27.9 Å². The van der Waals surface area contributed by atoms with Crippen LogP contribution < -0.4 is 0 Å². The van der Waals surface area contributed by atoms with E-state index < -0.39 is 76.3 Å². The lowest BCUT2D eigenvalue weighted by atomic mass is 9.85. The fraction of sp³-hybridized carbons (Fsp3) is 0.885. The molecule has 12 atom stereocenters. The standard InChI is InChI=1S/C52H96N2O11Si2/c1-17-41(65-67(15,16)50(8,9)10)37(4)46-42(61-46)34-52(12,60)47(57)40(55)32-36(3)45-35(2)24-25-43(62-48(58)54-30-28-53(29-31-54)38-22-20-18-19-21-23-38)51(11,59)27-26-39(33-44(56)63-45)64-66(13,14)49(5,6)7/h24-25,32,35,37-43,45-47,55,57,59-60H,17-23,26-31,33-34H2,1-16H3. The number of hydrogen-bond acceptors (Lipinski definition) is 12. The summed E-state index contributed by atoms with van der Waals surface area (Å²) in [5, 5.41) is 46.8. The lowest BCUT2D eigenvalue weighted by molar-refractivity contribution is -0.151. The summed E-state index contributed by atoms with van der Waals surface area (Å²) in [6.07, 6.45) is 7.19. The van der Waals surface area contributed by atoms with Crippen molar-refractivity contribution in [2.45, 2.75) is 256 Å². The van der Waals surface area contributed by atoms with E-state index in [-0.39, 0.29) is 53.6 Å². The van der Waals surface area contributed by atoms with Crippen LogP contribution >= 0.6 is 0 Å². The van der Waals surface area contributed by atoms with Crippen molar-refractivity contribution in [1.29, 1.82) is 0 Å². The normalized spacial score (nSPS) is 31.3. The number of esters is 1. The summed E-state index contributed by atoms with van der Waals surface area (Å²) in [5.74, 6) is -0.949. The Balaban J connectivity index is 1.54. The Hall–Kier alpha value is -1.67. The molecule has 3 heterocycles. The molecule has 4 N–H and O–H groups in total. The zero-order valence-corrected chi connectivity index (χ0v) is 46.7. The largest absolute Gasteiger partial charge is 0.457 e. The van der Waals surface area contributed by atoms with Crippen LogP contribution in [0.1, 0.15) is 154 Å². The predicted octanol–water partition coefficient (Wildman–Crippen LogP) is 9.27. The first kappa shape index (κ1) is 57.9. The predicted molar refractivity (Wildman–Crippen MR) is 271 cm³/mol. The first-order valence-electron chi connectivity index (χ1n) is 25.9. The number of rotatable bonds is 15. The molecule has 1 amide bonds. The van der Waals surface area contributed by atoms with Gasteiger partial charge in [-0.05, 0) is 101 Å². The Morgan fingerprint density at radius 3 is 2.07 bits per heavy atom. The van der Waals surface area contributed by atoms with E-state index in [2.05, 4.69) is 86.5 Å². The molecule has 0 aromatic heterocycles. The highest BCUT2D eigenvalue weighted by Gasteiger charge is 2.52. The summed E-state index contributed by atoms with van der Waals surface area (Å²) in [6.45, 7) is 35.5. The van der Waals surface area contributed by atoms with E-state index in [9.17, 15) is 30.0 Å². The van der Waals surface area contributed by atoms with Crippen LogP contribution in [0.25, 0.3) is 0 Å². The van der Waals surface area contributed by atoms with Gasteiger partial charge in [-0.1, -0.05) is 100 Å². The molecule has 4 rings (SSSR count). The van der Waals surface area contributed by atoms with E-state index in [4.69, 9.17) is 23.1 Å². The Kier molecular flexibility index (Phi) is 20.1. The molecular weight excluding hydrogens is 885 g/mol. The van der Waals surface area contributed by atoms with Crippen molar-refractivity contribution >= 4 is 28.7 Å². The Morgan fingerprint density at radius 2 is 1.52 bits per heavy atom. The number of piperazine rings is 1. The molecule has 3 aliphatic heterocycles. The molecule has 1 saturated carbocycles. The van der Waals surface area contributed by atoms with Gasteiger partial charge in [0.2, 0.25) is 0 Å². The smallest absolute Gasteiger partial charge is 0.410 e. The van der Waals surface area contributed by atoms with E-state index in [0.717, 1.165) is 19.5 Å². The molecule has 67 heavy (non-hydrogen) atoms. The van der Waals surface area contributed by atoms with Crippen molar-refractivity contribution in [3.8, 4) is 0 Å². The lowest BCUT2D eigenvalue weighted by Crippen LogP contribution is -2.53. The highest BCUT2D eigenvalue weighted by atomic mass is 28.4. The van der Waals surface area contributed by atoms with Crippen LogP contribution in [0.4, 0.5) is 4.79 Å². The SMILES string of the molecule is CCC(O[Si](C)(C)C(C)(C)C)C(C)C1OC1CC(C)(O)C(O)C(O)C=C(C)C1OC(=O)CC(O[Si](C)(C)C(C)(C)C)CCC(C)(O)C(OC(=O)N2CCN(C3CCCCCC3)CC2)C=CC1C. The minimum Gasteiger partial charge on any atom is -0.457 e. The average Bonchev–Trinajstić information content (AvgIpc) is 4.03. The topological polar surface area (TPSA) is 171 Å². The number of carbonyl (C=O) groups is 2. The van der Waals surface area contributed by atoms with Gasteiger partial charge >= 0.3 is 12.1 Å². The van der Waals surface area contributed by atoms with Crippen LogP contribution in [0.15, 0.2) is 23.8 Å². The summed E-state index contributed by atoms with van der Waals surface area (Å²) < 4.78 is 32.2. The van der Waals surface area contributed by atoms with Gasteiger partial charge in [-0.15, -0.1) is 0 Å². The molecular formula is C52H96N2O11Si2.